The molecule has 0 aliphatic heterocycles. The molecule has 0 fully saturated rings. The quantitative estimate of drug-likeness (QED) is 0.898. The molecule has 2 rings (SSSR count). The topological polar surface area (TPSA) is 47.0 Å². The van der Waals surface area contributed by atoms with E-state index in [0.29, 0.717) is 12.5 Å². The molecule has 1 atom stereocenters. The Kier molecular flexibility index (Phi) is 4.15. The predicted molar refractivity (Wildman–Crippen MR) is 74.3 cm³/mol. The Bertz CT molecular complexity index is 499. The van der Waals surface area contributed by atoms with Crippen molar-refractivity contribution in [2.24, 2.45) is 0 Å². The first-order valence-electron chi connectivity index (χ1n) is 5.96. The predicted octanol–water partition coefficient (Wildman–Crippen LogP) is 3.42. The van der Waals surface area contributed by atoms with Crippen molar-refractivity contribution in [3.8, 4) is 5.88 Å². The number of aromatic nitrogens is 2. The van der Waals surface area contributed by atoms with E-state index >= 15 is 0 Å². The number of nitrogens with one attached hydrogen (secondary N) is 1. The molecule has 0 bridgehead atoms. The Hall–Kier alpha value is -1.62. The molecule has 0 spiro atoms. The summed E-state index contributed by atoms with van der Waals surface area (Å²) in [4.78, 5) is 9.68. The molecule has 5 heteroatoms. The van der Waals surface area contributed by atoms with Gasteiger partial charge in [-0.25, -0.2) is 9.97 Å². The van der Waals surface area contributed by atoms with Crippen LogP contribution in [0.2, 0.25) is 0 Å². The maximum absolute atomic E-state index is 5.46. The number of ether oxygens (including phenoxy) is 1. The molecule has 96 valence electrons. The maximum Gasteiger partial charge on any atom is 0.221 e. The molecule has 18 heavy (non-hydrogen) atoms. The van der Waals surface area contributed by atoms with Crippen molar-refractivity contribution in [3.63, 3.8) is 0 Å². The van der Waals surface area contributed by atoms with Crippen molar-refractivity contribution in [2.45, 2.75) is 26.8 Å². The first-order valence-corrected chi connectivity index (χ1v) is 6.84. The van der Waals surface area contributed by atoms with Crippen molar-refractivity contribution < 1.29 is 4.74 Å². The SMILES string of the molecule is CCOc1ncnc(NC(C)c2cccs2)c1C. The zero-order valence-electron chi connectivity index (χ0n) is 10.8. The lowest BCUT2D eigenvalue weighted by atomic mass is 10.2. The van der Waals surface area contributed by atoms with E-state index in [9.17, 15) is 0 Å². The van der Waals surface area contributed by atoms with Crippen LogP contribution in [0, 0.1) is 6.92 Å². The van der Waals surface area contributed by atoms with Gasteiger partial charge in [-0.05, 0) is 32.2 Å². The Balaban J connectivity index is 2.16. The van der Waals surface area contributed by atoms with E-state index < -0.39 is 0 Å². The van der Waals surface area contributed by atoms with Gasteiger partial charge in [0.2, 0.25) is 5.88 Å². The van der Waals surface area contributed by atoms with Gasteiger partial charge < -0.3 is 10.1 Å². The minimum absolute atomic E-state index is 0.230. The molecule has 2 aromatic rings. The summed E-state index contributed by atoms with van der Waals surface area (Å²) in [6.45, 7) is 6.64. The Morgan fingerprint density at radius 3 is 2.94 bits per heavy atom. The molecular weight excluding hydrogens is 246 g/mol. The summed E-state index contributed by atoms with van der Waals surface area (Å²) in [6.07, 6.45) is 1.53. The molecule has 2 heterocycles. The van der Waals surface area contributed by atoms with Crippen LogP contribution in [0.25, 0.3) is 0 Å². The van der Waals surface area contributed by atoms with Crippen LogP contribution in [0.15, 0.2) is 23.8 Å². The van der Waals surface area contributed by atoms with E-state index in [2.05, 4.69) is 39.7 Å². The summed E-state index contributed by atoms with van der Waals surface area (Å²) < 4.78 is 5.46. The van der Waals surface area contributed by atoms with E-state index in [1.165, 1.54) is 11.2 Å². The number of thiophene rings is 1. The van der Waals surface area contributed by atoms with Gasteiger partial charge in [0.1, 0.15) is 12.1 Å². The van der Waals surface area contributed by atoms with Crippen LogP contribution in [0.3, 0.4) is 0 Å². The molecule has 1 N–H and O–H groups in total. The van der Waals surface area contributed by atoms with Crippen LogP contribution in [0.1, 0.15) is 30.3 Å². The zero-order chi connectivity index (χ0) is 13.0. The highest BCUT2D eigenvalue weighted by molar-refractivity contribution is 7.10. The number of nitrogens with zero attached hydrogens (tertiary/aromatic N) is 2. The fourth-order valence-electron chi connectivity index (χ4n) is 1.68. The second-order valence-electron chi connectivity index (χ2n) is 3.97. The minimum atomic E-state index is 0.230. The van der Waals surface area contributed by atoms with Crippen LogP contribution in [-0.2, 0) is 0 Å². The van der Waals surface area contributed by atoms with Gasteiger partial charge in [0.15, 0.2) is 0 Å². The molecule has 0 aliphatic rings. The lowest BCUT2D eigenvalue weighted by Crippen LogP contribution is -2.09. The van der Waals surface area contributed by atoms with E-state index in [1.54, 1.807) is 11.3 Å². The normalized spacial score (nSPS) is 12.2. The first kappa shape index (κ1) is 12.8. The van der Waals surface area contributed by atoms with Crippen molar-refractivity contribution in [3.05, 3.63) is 34.3 Å². The highest BCUT2D eigenvalue weighted by Crippen LogP contribution is 2.26. The van der Waals surface area contributed by atoms with E-state index in [-0.39, 0.29) is 6.04 Å². The summed E-state index contributed by atoms with van der Waals surface area (Å²) >= 11 is 1.73. The van der Waals surface area contributed by atoms with Crippen LogP contribution in [0.4, 0.5) is 5.82 Å². The standard InChI is InChI=1S/C13H17N3OS/c1-4-17-13-9(2)12(14-8-15-13)16-10(3)11-6-5-7-18-11/h5-8,10H,4H2,1-3H3,(H,14,15,16). The van der Waals surface area contributed by atoms with Crippen LogP contribution in [0.5, 0.6) is 5.88 Å². The summed E-state index contributed by atoms with van der Waals surface area (Å²) in [5.74, 6) is 1.47. The van der Waals surface area contributed by atoms with Crippen molar-refractivity contribution in [1.29, 1.82) is 0 Å². The number of hydrogen-bond donors (Lipinski definition) is 1. The van der Waals surface area contributed by atoms with Crippen molar-refractivity contribution in [2.75, 3.05) is 11.9 Å². The molecule has 0 radical (unpaired) electrons. The summed E-state index contributed by atoms with van der Waals surface area (Å²) in [5, 5.41) is 5.47. The average Bonchev–Trinajstić information content (AvgIpc) is 2.88. The van der Waals surface area contributed by atoms with Crippen molar-refractivity contribution in [1.82, 2.24) is 9.97 Å². The lowest BCUT2D eigenvalue weighted by molar-refractivity contribution is 0.324. The monoisotopic (exact) mass is 263 g/mol. The van der Waals surface area contributed by atoms with Crippen LogP contribution < -0.4 is 10.1 Å². The molecule has 0 aliphatic carbocycles. The van der Waals surface area contributed by atoms with Gasteiger partial charge in [-0.15, -0.1) is 11.3 Å². The van der Waals surface area contributed by atoms with Gasteiger partial charge in [-0.3, -0.25) is 0 Å². The van der Waals surface area contributed by atoms with Crippen molar-refractivity contribution >= 4 is 17.2 Å². The lowest BCUT2D eigenvalue weighted by Gasteiger charge is -2.15. The Labute approximate surface area is 111 Å². The summed E-state index contributed by atoms with van der Waals surface area (Å²) in [7, 11) is 0. The fourth-order valence-corrected chi connectivity index (χ4v) is 2.41. The fraction of sp³-hybridized carbons (Fsp3) is 0.385. The molecule has 2 aromatic heterocycles. The summed E-state index contributed by atoms with van der Waals surface area (Å²) in [5.41, 5.74) is 0.947. The van der Waals surface area contributed by atoms with Crippen LogP contribution >= 0.6 is 11.3 Å². The molecule has 0 saturated carbocycles. The van der Waals surface area contributed by atoms with Gasteiger partial charge >= 0.3 is 0 Å². The maximum atomic E-state index is 5.46. The first-order chi connectivity index (χ1) is 8.72. The third-order valence-electron chi connectivity index (χ3n) is 2.64. The molecule has 0 aromatic carbocycles. The van der Waals surface area contributed by atoms with Gasteiger partial charge in [0, 0.05) is 4.88 Å². The second-order valence-corrected chi connectivity index (χ2v) is 4.95. The largest absolute Gasteiger partial charge is 0.478 e. The third kappa shape index (κ3) is 2.79. The average molecular weight is 263 g/mol. The Morgan fingerprint density at radius 2 is 2.28 bits per heavy atom. The second kappa shape index (κ2) is 5.82. The van der Waals surface area contributed by atoms with E-state index in [4.69, 9.17) is 4.74 Å². The molecule has 0 amide bonds. The molecular formula is C13H17N3OS. The van der Waals surface area contributed by atoms with Gasteiger partial charge in [-0.1, -0.05) is 6.07 Å². The highest BCUT2D eigenvalue weighted by Gasteiger charge is 2.12. The summed E-state index contributed by atoms with van der Waals surface area (Å²) in [6, 6.07) is 4.40. The molecule has 1 unspecified atom stereocenters. The van der Waals surface area contributed by atoms with Gasteiger partial charge in [0.25, 0.3) is 0 Å². The minimum Gasteiger partial charge on any atom is -0.478 e. The van der Waals surface area contributed by atoms with E-state index in [0.717, 1.165) is 11.4 Å². The van der Waals surface area contributed by atoms with E-state index in [1.807, 2.05) is 13.8 Å². The van der Waals surface area contributed by atoms with Gasteiger partial charge in [-0.2, -0.15) is 0 Å². The highest BCUT2D eigenvalue weighted by atomic mass is 32.1. The zero-order valence-corrected chi connectivity index (χ0v) is 11.6. The number of hydrogen-bond acceptors (Lipinski definition) is 5. The Morgan fingerprint density at radius 1 is 1.44 bits per heavy atom. The molecule has 0 saturated heterocycles. The molecule has 4 nitrogen and oxygen atoms in total. The smallest absolute Gasteiger partial charge is 0.221 e. The third-order valence-corrected chi connectivity index (χ3v) is 3.70. The van der Waals surface area contributed by atoms with Gasteiger partial charge in [0.05, 0.1) is 18.2 Å². The number of rotatable bonds is 5. The number of anilines is 1. The van der Waals surface area contributed by atoms with Crippen LogP contribution in [-0.4, -0.2) is 16.6 Å².